The van der Waals surface area contributed by atoms with Crippen molar-refractivity contribution in [3.63, 3.8) is 0 Å². The number of fused-ring (bicyclic) bond motifs is 6. The van der Waals surface area contributed by atoms with Gasteiger partial charge in [0.2, 0.25) is 0 Å². The summed E-state index contributed by atoms with van der Waals surface area (Å²) in [6.45, 7) is 3.63. The lowest BCUT2D eigenvalue weighted by Crippen LogP contribution is -2.02. The predicted molar refractivity (Wildman–Crippen MR) is 154 cm³/mol. The molecule has 0 unspecified atom stereocenters. The van der Waals surface area contributed by atoms with E-state index in [0.29, 0.717) is 0 Å². The minimum Gasteiger partial charge on any atom is -0.454 e. The van der Waals surface area contributed by atoms with Gasteiger partial charge < -0.3 is 8.98 Å². The van der Waals surface area contributed by atoms with Gasteiger partial charge in [-0.05, 0) is 54.3 Å². The van der Waals surface area contributed by atoms with E-state index in [1.807, 2.05) is 49.7 Å². The molecular weight excluding hydrogens is 481 g/mol. The van der Waals surface area contributed by atoms with Crippen LogP contribution in [-0.2, 0) is 4.57 Å². The highest BCUT2D eigenvalue weighted by atomic mass is 32.1. The number of nitrogens with zero attached hydrogens (tertiary/aromatic N) is 1. The second kappa shape index (κ2) is 7.89. The molecule has 0 spiro atoms. The Morgan fingerprint density at radius 3 is 2.25 bits per heavy atom. The Morgan fingerprint density at radius 1 is 0.722 bits per heavy atom. The minimum atomic E-state index is -2.32. The van der Waals surface area contributed by atoms with Gasteiger partial charge in [-0.1, -0.05) is 72.8 Å². The number of hydrogen-bond donors (Lipinski definition) is 0. The molecule has 0 N–H and O–H groups in total. The summed E-state index contributed by atoms with van der Waals surface area (Å²) >= 11 is 1.76. The molecular formula is C31H22NO2PS. The van der Waals surface area contributed by atoms with E-state index < -0.39 is 7.14 Å². The molecule has 0 atom stereocenters. The number of para-hydroxylation sites is 1. The van der Waals surface area contributed by atoms with Crippen LogP contribution in [0.3, 0.4) is 0 Å². The van der Waals surface area contributed by atoms with Crippen molar-refractivity contribution in [2.24, 2.45) is 0 Å². The Kier molecular flexibility index (Phi) is 4.73. The fourth-order valence-corrected chi connectivity index (χ4v) is 7.05. The summed E-state index contributed by atoms with van der Waals surface area (Å²) in [6.07, 6.45) is 0. The van der Waals surface area contributed by atoms with Crippen LogP contribution in [0.1, 0.15) is 0 Å². The van der Waals surface area contributed by atoms with Crippen molar-refractivity contribution in [3.8, 4) is 22.3 Å². The Bertz CT molecular complexity index is 1900. The maximum atomic E-state index is 12.6. The summed E-state index contributed by atoms with van der Waals surface area (Å²) in [4.78, 5) is 5.13. The lowest BCUT2D eigenvalue weighted by atomic mass is 9.99. The van der Waals surface area contributed by atoms with Crippen molar-refractivity contribution in [1.29, 1.82) is 0 Å². The monoisotopic (exact) mass is 503 g/mol. The first-order valence-electron chi connectivity index (χ1n) is 11.9. The molecule has 0 saturated heterocycles. The molecule has 3 nitrogen and oxygen atoms in total. The maximum Gasteiger partial charge on any atom is 0.163 e. The Balaban J connectivity index is 1.48. The molecule has 3 heterocycles. The van der Waals surface area contributed by atoms with Crippen molar-refractivity contribution in [2.75, 3.05) is 13.3 Å². The molecule has 0 aliphatic carbocycles. The highest BCUT2D eigenvalue weighted by Gasteiger charge is 2.21. The zero-order chi connectivity index (χ0) is 24.4. The summed E-state index contributed by atoms with van der Waals surface area (Å²) in [5.74, 6) is 0. The first-order valence-corrected chi connectivity index (χ1v) is 15.3. The molecule has 0 bridgehead atoms. The predicted octanol–water partition coefficient (Wildman–Crippen LogP) is 8.93. The van der Waals surface area contributed by atoms with Crippen LogP contribution in [-0.4, -0.2) is 18.3 Å². The molecule has 0 saturated carbocycles. The van der Waals surface area contributed by atoms with Crippen LogP contribution in [0.15, 0.2) is 101 Å². The zero-order valence-electron chi connectivity index (χ0n) is 19.9. The van der Waals surface area contributed by atoms with Gasteiger partial charge in [-0.3, -0.25) is 0 Å². The van der Waals surface area contributed by atoms with Crippen molar-refractivity contribution >= 4 is 66.2 Å². The quantitative estimate of drug-likeness (QED) is 0.226. The Morgan fingerprint density at radius 2 is 1.44 bits per heavy atom. The van der Waals surface area contributed by atoms with Gasteiger partial charge in [0, 0.05) is 26.3 Å². The number of rotatable bonds is 3. The maximum absolute atomic E-state index is 12.6. The standard InChI is InChI=1S/C31H22NO2PS/c1-35(2,33)22-9-7-8-21(18-22)19-14-16-20(17-15-19)27-30-28(23-10-3-5-12-25(23)34-30)32-29-24-11-4-6-13-26(24)36-31(27)29/h3-18H,1-2H3. The molecule has 5 heteroatoms. The SMILES string of the molecule is CP(C)(=O)c1cccc(-c2ccc(-c3c4oc5ccccc5c4nc4c3sc3ccccc34)cc2)c1. The number of aromatic nitrogens is 1. The molecule has 174 valence electrons. The Hall–Kier alpha value is -3.72. The number of pyridine rings is 1. The molecule has 0 amide bonds. The van der Waals surface area contributed by atoms with E-state index in [0.717, 1.165) is 59.8 Å². The molecule has 0 aliphatic heterocycles. The molecule has 7 aromatic rings. The van der Waals surface area contributed by atoms with Crippen molar-refractivity contribution in [3.05, 3.63) is 97.1 Å². The van der Waals surface area contributed by atoms with E-state index in [1.54, 1.807) is 11.3 Å². The van der Waals surface area contributed by atoms with Gasteiger partial charge in [-0.25, -0.2) is 4.98 Å². The summed E-state index contributed by atoms with van der Waals surface area (Å²) < 4.78 is 21.4. The van der Waals surface area contributed by atoms with Crippen molar-refractivity contribution in [2.45, 2.75) is 0 Å². The first-order chi connectivity index (χ1) is 17.5. The largest absolute Gasteiger partial charge is 0.454 e. The van der Waals surface area contributed by atoms with Crippen LogP contribution in [0.4, 0.5) is 0 Å². The van der Waals surface area contributed by atoms with E-state index in [2.05, 4.69) is 60.7 Å². The first kappa shape index (κ1) is 21.6. The average molecular weight is 504 g/mol. The molecule has 7 rings (SSSR count). The second-order valence-corrected chi connectivity index (χ2v) is 13.8. The summed E-state index contributed by atoms with van der Waals surface area (Å²) in [5.41, 5.74) is 7.92. The third-order valence-corrected chi connectivity index (χ3v) is 9.49. The van der Waals surface area contributed by atoms with Crippen LogP contribution in [0, 0.1) is 0 Å². The third-order valence-electron chi connectivity index (χ3n) is 6.79. The molecule has 4 aromatic carbocycles. The fourth-order valence-electron chi connectivity index (χ4n) is 4.95. The molecule has 0 aliphatic rings. The van der Waals surface area contributed by atoms with E-state index in [9.17, 15) is 4.57 Å². The van der Waals surface area contributed by atoms with Crippen LogP contribution >= 0.6 is 18.5 Å². The summed E-state index contributed by atoms with van der Waals surface area (Å²) in [7, 11) is -2.32. The normalized spacial score (nSPS) is 12.3. The highest BCUT2D eigenvalue weighted by Crippen LogP contribution is 2.45. The lowest BCUT2D eigenvalue weighted by molar-refractivity contribution is 0.588. The van der Waals surface area contributed by atoms with E-state index in [-0.39, 0.29) is 0 Å². The summed E-state index contributed by atoms with van der Waals surface area (Å²) in [6, 6.07) is 33.2. The molecule has 0 radical (unpaired) electrons. The zero-order valence-corrected chi connectivity index (χ0v) is 21.6. The highest BCUT2D eigenvalue weighted by molar-refractivity contribution is 7.70. The number of thiophene rings is 1. The van der Waals surface area contributed by atoms with E-state index in [1.165, 1.54) is 10.1 Å². The van der Waals surface area contributed by atoms with Gasteiger partial charge >= 0.3 is 0 Å². The van der Waals surface area contributed by atoms with Gasteiger partial charge in [0.05, 0.1) is 10.2 Å². The van der Waals surface area contributed by atoms with Gasteiger partial charge in [0.25, 0.3) is 0 Å². The van der Waals surface area contributed by atoms with Gasteiger partial charge in [0.1, 0.15) is 18.2 Å². The number of benzene rings is 4. The fraction of sp³-hybridized carbons (Fsp3) is 0.0645. The second-order valence-electron chi connectivity index (χ2n) is 9.52. The topological polar surface area (TPSA) is 43.1 Å². The van der Waals surface area contributed by atoms with Gasteiger partial charge in [-0.2, -0.15) is 0 Å². The smallest absolute Gasteiger partial charge is 0.163 e. The van der Waals surface area contributed by atoms with Gasteiger partial charge in [-0.15, -0.1) is 11.3 Å². The van der Waals surface area contributed by atoms with Crippen LogP contribution in [0.25, 0.3) is 64.6 Å². The van der Waals surface area contributed by atoms with E-state index in [4.69, 9.17) is 9.40 Å². The average Bonchev–Trinajstić information content (AvgIpc) is 3.45. The Labute approximate surface area is 212 Å². The van der Waals surface area contributed by atoms with Crippen LogP contribution in [0.2, 0.25) is 0 Å². The van der Waals surface area contributed by atoms with Crippen LogP contribution < -0.4 is 5.30 Å². The van der Waals surface area contributed by atoms with Crippen LogP contribution in [0.5, 0.6) is 0 Å². The van der Waals surface area contributed by atoms with E-state index >= 15 is 0 Å². The lowest BCUT2D eigenvalue weighted by Gasteiger charge is -2.10. The number of hydrogen-bond acceptors (Lipinski definition) is 4. The molecule has 0 fully saturated rings. The minimum absolute atomic E-state index is 0.822. The van der Waals surface area contributed by atoms with Gasteiger partial charge in [0.15, 0.2) is 5.58 Å². The third kappa shape index (κ3) is 3.33. The van der Waals surface area contributed by atoms with Crippen molar-refractivity contribution in [1.82, 2.24) is 4.98 Å². The summed E-state index contributed by atoms with van der Waals surface area (Å²) in [5, 5.41) is 3.10. The molecule has 3 aromatic heterocycles. The van der Waals surface area contributed by atoms with Crippen molar-refractivity contribution < 1.29 is 8.98 Å². The number of furan rings is 1. The molecule has 36 heavy (non-hydrogen) atoms.